The van der Waals surface area contributed by atoms with Crippen molar-refractivity contribution in [1.82, 2.24) is 0 Å². The van der Waals surface area contributed by atoms with E-state index >= 15 is 0 Å². The van der Waals surface area contributed by atoms with Crippen LogP contribution in [0.3, 0.4) is 0 Å². The minimum Gasteiger partial charge on any atom is -0.0928 e. The maximum Gasteiger partial charge on any atom is 0.0305 e. The molecule has 0 aromatic carbocycles. The van der Waals surface area contributed by atoms with Crippen LogP contribution >= 0.6 is 15.9 Å². The lowest BCUT2D eigenvalue weighted by Crippen LogP contribution is -1.97. The van der Waals surface area contributed by atoms with E-state index in [9.17, 15) is 0 Å². The largest absolute Gasteiger partial charge is 0.0928 e. The lowest BCUT2D eigenvalue weighted by atomic mass is 10.6. The Kier molecular flexibility index (Phi) is 5.33. The van der Waals surface area contributed by atoms with Gasteiger partial charge in [0.05, 0.1) is 0 Å². The Morgan fingerprint density at radius 2 is 2.00 bits per heavy atom. The molecule has 0 nitrogen and oxygen atoms in total. The third-order valence-corrected chi connectivity index (χ3v) is 3.04. The van der Waals surface area contributed by atoms with E-state index < -0.39 is 0 Å². The first kappa shape index (κ1) is 7.70. The highest BCUT2D eigenvalue weighted by molar-refractivity contribution is 9.09. The lowest BCUT2D eigenvalue weighted by Gasteiger charge is -1.96. The van der Waals surface area contributed by atoms with Crippen molar-refractivity contribution in [1.29, 1.82) is 0 Å². The molecule has 0 unspecified atom stereocenters. The van der Waals surface area contributed by atoms with E-state index in [1.54, 1.807) is 0 Å². The van der Waals surface area contributed by atoms with Crippen LogP contribution in [0.5, 0.6) is 0 Å². The zero-order chi connectivity index (χ0) is 5.70. The van der Waals surface area contributed by atoms with Crippen molar-refractivity contribution in [3.05, 3.63) is 0 Å². The molecule has 0 radical (unpaired) electrons. The van der Waals surface area contributed by atoms with Crippen LogP contribution in [-0.4, -0.2) is 14.1 Å². The molecule has 0 aliphatic rings. The Balaban J connectivity index is 2.68. The Morgan fingerprint density at radius 1 is 1.43 bits per heavy atom. The summed E-state index contributed by atoms with van der Waals surface area (Å²) in [4.78, 5) is 0. The number of hydrogen-bond donors (Lipinski definition) is 0. The van der Waals surface area contributed by atoms with E-state index in [-0.39, 0.29) is 8.80 Å². The van der Waals surface area contributed by atoms with Crippen molar-refractivity contribution in [2.24, 2.45) is 0 Å². The van der Waals surface area contributed by atoms with Crippen molar-refractivity contribution >= 4 is 24.7 Å². The van der Waals surface area contributed by atoms with E-state index in [1.165, 1.54) is 17.8 Å². The maximum absolute atomic E-state index is 3.40. The Morgan fingerprint density at radius 3 is 2.14 bits per heavy atom. The van der Waals surface area contributed by atoms with Gasteiger partial charge in [-0.3, -0.25) is 0 Å². The summed E-state index contributed by atoms with van der Waals surface area (Å²) < 4.78 is 0. The van der Waals surface area contributed by atoms with Gasteiger partial charge >= 0.3 is 0 Å². The molecule has 0 fully saturated rings. The first-order chi connectivity index (χ1) is 3.27. The highest BCUT2D eigenvalue weighted by Gasteiger charge is 1.91. The van der Waals surface area contributed by atoms with Gasteiger partial charge in [0, 0.05) is 14.1 Å². The van der Waals surface area contributed by atoms with Crippen LogP contribution in [0.4, 0.5) is 0 Å². The minimum atomic E-state index is -0.218. The summed E-state index contributed by atoms with van der Waals surface area (Å²) in [6.45, 7) is 4.78. The van der Waals surface area contributed by atoms with Crippen LogP contribution in [0.2, 0.25) is 19.1 Å². The van der Waals surface area contributed by atoms with Crippen molar-refractivity contribution < 1.29 is 0 Å². The minimum absolute atomic E-state index is 0.218. The fourth-order valence-electron chi connectivity index (χ4n) is 0.485. The van der Waals surface area contributed by atoms with E-state index in [0.717, 1.165) is 0 Å². The predicted molar refractivity (Wildman–Crippen MR) is 42.1 cm³/mol. The summed E-state index contributed by atoms with van der Waals surface area (Å²) >= 11 is 3.40. The van der Waals surface area contributed by atoms with Crippen molar-refractivity contribution in [2.45, 2.75) is 25.6 Å². The Hall–Kier alpha value is 0.697. The molecule has 0 aliphatic heterocycles. The highest BCUT2D eigenvalue weighted by atomic mass is 79.9. The van der Waals surface area contributed by atoms with Gasteiger partial charge in [-0.25, -0.2) is 0 Å². The molecular formula is C5H13BrSi. The van der Waals surface area contributed by atoms with Gasteiger partial charge in [-0.2, -0.15) is 0 Å². The highest BCUT2D eigenvalue weighted by Crippen LogP contribution is 1.98. The lowest BCUT2D eigenvalue weighted by molar-refractivity contribution is 1.09. The maximum atomic E-state index is 3.40. The van der Waals surface area contributed by atoms with Crippen LogP contribution in [0, 0.1) is 0 Å². The molecular weight excluding hydrogens is 168 g/mol. The average Bonchev–Trinajstić information content (AvgIpc) is 1.61. The molecule has 0 aliphatic carbocycles. The van der Waals surface area contributed by atoms with Crippen LogP contribution in [0.15, 0.2) is 0 Å². The van der Waals surface area contributed by atoms with Crippen LogP contribution in [-0.2, 0) is 0 Å². The van der Waals surface area contributed by atoms with Gasteiger partial charge in [-0.15, -0.1) is 0 Å². The molecule has 0 spiro atoms. The molecule has 0 bridgehead atoms. The molecule has 0 atom stereocenters. The van der Waals surface area contributed by atoms with Gasteiger partial charge in [-0.05, 0) is 6.42 Å². The molecule has 0 heterocycles. The molecule has 0 saturated heterocycles. The molecule has 2 heteroatoms. The van der Waals surface area contributed by atoms with Gasteiger partial charge in [-0.1, -0.05) is 35.1 Å². The summed E-state index contributed by atoms with van der Waals surface area (Å²) in [5.41, 5.74) is 0. The topological polar surface area (TPSA) is 0 Å². The summed E-state index contributed by atoms with van der Waals surface area (Å²) in [6, 6.07) is 1.49. The standard InChI is InChI=1S/C5H13BrSi/c1-7(2)5-3-4-6/h7H,3-5H2,1-2H3. The number of alkyl halides is 1. The van der Waals surface area contributed by atoms with E-state index in [4.69, 9.17) is 0 Å². The molecule has 0 saturated carbocycles. The number of hydrogen-bond acceptors (Lipinski definition) is 0. The third-order valence-electron chi connectivity index (χ3n) is 0.915. The summed E-state index contributed by atoms with van der Waals surface area (Å²) in [6.07, 6.45) is 1.38. The number of rotatable bonds is 3. The summed E-state index contributed by atoms with van der Waals surface area (Å²) in [5, 5.41) is 1.19. The molecule has 0 aromatic rings. The summed E-state index contributed by atoms with van der Waals surface area (Å²) in [7, 11) is -0.218. The first-order valence-electron chi connectivity index (χ1n) is 2.83. The molecule has 44 valence electrons. The first-order valence-corrected chi connectivity index (χ1v) is 7.08. The second kappa shape index (κ2) is 4.85. The second-order valence-corrected chi connectivity index (χ2v) is 6.38. The predicted octanol–water partition coefficient (Wildman–Crippen LogP) is 2.26. The van der Waals surface area contributed by atoms with Gasteiger partial charge < -0.3 is 0 Å². The molecule has 7 heavy (non-hydrogen) atoms. The summed E-state index contributed by atoms with van der Waals surface area (Å²) in [5.74, 6) is 0. The van der Waals surface area contributed by atoms with E-state index in [1.807, 2.05) is 0 Å². The zero-order valence-corrected chi connectivity index (χ0v) is 7.82. The molecule has 0 N–H and O–H groups in total. The van der Waals surface area contributed by atoms with Gasteiger partial charge in [0.15, 0.2) is 0 Å². The fraction of sp³-hybridized carbons (Fsp3) is 1.00. The number of halogens is 1. The molecule has 0 amide bonds. The second-order valence-electron chi connectivity index (χ2n) is 2.23. The van der Waals surface area contributed by atoms with E-state index in [0.29, 0.717) is 0 Å². The Bertz CT molecular complexity index is 37.1. The Labute approximate surface area is 56.0 Å². The smallest absolute Gasteiger partial charge is 0.0305 e. The third kappa shape index (κ3) is 6.70. The van der Waals surface area contributed by atoms with Gasteiger partial charge in [0.25, 0.3) is 0 Å². The van der Waals surface area contributed by atoms with Crippen molar-refractivity contribution in [3.8, 4) is 0 Å². The zero-order valence-electron chi connectivity index (χ0n) is 5.08. The quantitative estimate of drug-likeness (QED) is 0.462. The van der Waals surface area contributed by atoms with Crippen LogP contribution in [0.1, 0.15) is 6.42 Å². The monoisotopic (exact) mass is 180 g/mol. The average molecular weight is 181 g/mol. The molecule has 0 rings (SSSR count). The molecule has 0 aromatic heterocycles. The normalized spacial score (nSPS) is 10.3. The van der Waals surface area contributed by atoms with Crippen molar-refractivity contribution in [2.75, 3.05) is 5.33 Å². The van der Waals surface area contributed by atoms with Crippen LogP contribution < -0.4 is 0 Å². The van der Waals surface area contributed by atoms with Gasteiger partial charge in [0.2, 0.25) is 0 Å². The van der Waals surface area contributed by atoms with Gasteiger partial charge in [0.1, 0.15) is 0 Å². The van der Waals surface area contributed by atoms with E-state index in [2.05, 4.69) is 29.0 Å². The van der Waals surface area contributed by atoms with Crippen LogP contribution in [0.25, 0.3) is 0 Å². The fourth-order valence-corrected chi connectivity index (χ4v) is 2.43. The SMILES string of the molecule is C[SiH](C)CCCBr. The van der Waals surface area contributed by atoms with Crippen molar-refractivity contribution in [3.63, 3.8) is 0 Å².